The summed E-state index contributed by atoms with van der Waals surface area (Å²) in [6, 6.07) is 0.673. The van der Waals surface area contributed by atoms with E-state index in [-0.39, 0.29) is 0 Å². The number of piperidine rings is 1. The number of hydrogen-bond acceptors (Lipinski definition) is 5. The molecule has 5 nitrogen and oxygen atoms in total. The summed E-state index contributed by atoms with van der Waals surface area (Å²) in [5.41, 5.74) is 2.85. The molecule has 3 aliphatic rings. The minimum Gasteiger partial charge on any atom is -0.380 e. The molecule has 23 heavy (non-hydrogen) atoms. The van der Waals surface area contributed by atoms with Gasteiger partial charge < -0.3 is 9.26 Å². The van der Waals surface area contributed by atoms with E-state index in [1.165, 1.54) is 57.4 Å². The van der Waals surface area contributed by atoms with Gasteiger partial charge in [0, 0.05) is 37.8 Å². The number of rotatable bonds is 3. The molecule has 3 saturated heterocycles. The van der Waals surface area contributed by atoms with Gasteiger partial charge >= 0.3 is 0 Å². The highest BCUT2D eigenvalue weighted by molar-refractivity contribution is 5.20. The summed E-state index contributed by atoms with van der Waals surface area (Å²) in [5, 5.41) is 4.11. The number of ether oxygens (including phenoxy) is 1. The zero-order valence-electron chi connectivity index (χ0n) is 14.5. The van der Waals surface area contributed by atoms with Gasteiger partial charge in [0.05, 0.1) is 12.3 Å². The average Bonchev–Trinajstić information content (AvgIpc) is 3.25. The smallest absolute Gasteiger partial charge is 0.138 e. The molecule has 0 aromatic carbocycles. The molecule has 0 radical (unpaired) electrons. The first-order valence-electron chi connectivity index (χ1n) is 9.11. The zero-order chi connectivity index (χ0) is 15.9. The lowest BCUT2D eigenvalue weighted by molar-refractivity contribution is 0.0786. The SMILES string of the molecule is Cc1noc(C)c1CN1CCC[C@@]2(CCN([C@H]3CCOC3)C2)C1. The molecule has 0 aliphatic carbocycles. The first-order chi connectivity index (χ1) is 11.2. The standard InChI is InChI=1S/C18H29N3O2/c1-14-17(15(2)23-19-14)10-20-7-3-5-18(12-20)6-8-21(13-18)16-4-9-22-11-16/h16H,3-13H2,1-2H3/t16-,18+/m0/s1. The van der Waals surface area contributed by atoms with Crippen molar-refractivity contribution in [2.75, 3.05) is 39.4 Å². The molecule has 0 bridgehead atoms. The quantitative estimate of drug-likeness (QED) is 0.855. The van der Waals surface area contributed by atoms with Gasteiger partial charge in [0.15, 0.2) is 0 Å². The minimum absolute atomic E-state index is 0.500. The maximum Gasteiger partial charge on any atom is 0.138 e. The lowest BCUT2D eigenvalue weighted by Crippen LogP contribution is -2.45. The highest BCUT2D eigenvalue weighted by Gasteiger charge is 2.43. The summed E-state index contributed by atoms with van der Waals surface area (Å²) >= 11 is 0. The highest BCUT2D eigenvalue weighted by atomic mass is 16.5. The van der Waals surface area contributed by atoms with Crippen LogP contribution >= 0.6 is 0 Å². The third-order valence-electron chi connectivity index (χ3n) is 6.19. The molecule has 3 fully saturated rings. The van der Waals surface area contributed by atoms with Crippen LogP contribution in [0.1, 0.15) is 42.7 Å². The fourth-order valence-corrected chi connectivity index (χ4v) is 4.82. The van der Waals surface area contributed by atoms with Gasteiger partial charge in [0.2, 0.25) is 0 Å². The number of hydrogen-bond donors (Lipinski definition) is 0. The summed E-state index contributed by atoms with van der Waals surface area (Å²) in [4.78, 5) is 5.33. The molecule has 1 aromatic rings. The van der Waals surface area contributed by atoms with Crippen molar-refractivity contribution in [3.8, 4) is 0 Å². The molecule has 128 valence electrons. The number of aromatic nitrogens is 1. The van der Waals surface area contributed by atoms with Gasteiger partial charge in [-0.25, -0.2) is 0 Å². The summed E-state index contributed by atoms with van der Waals surface area (Å²) in [7, 11) is 0. The maximum atomic E-state index is 5.59. The van der Waals surface area contributed by atoms with Crippen LogP contribution in [-0.2, 0) is 11.3 Å². The Kier molecular flexibility index (Phi) is 4.20. The summed E-state index contributed by atoms with van der Waals surface area (Å²) in [6.45, 7) is 11.9. The maximum absolute atomic E-state index is 5.59. The molecular formula is C18H29N3O2. The van der Waals surface area contributed by atoms with E-state index >= 15 is 0 Å². The summed E-state index contributed by atoms with van der Waals surface area (Å²) in [6.07, 6.45) is 5.27. The molecule has 2 atom stereocenters. The van der Waals surface area contributed by atoms with E-state index in [1.54, 1.807) is 0 Å². The molecule has 5 heteroatoms. The van der Waals surface area contributed by atoms with Gasteiger partial charge in [0.25, 0.3) is 0 Å². The molecule has 0 unspecified atom stereocenters. The molecule has 1 spiro atoms. The van der Waals surface area contributed by atoms with Crippen LogP contribution in [0.15, 0.2) is 4.52 Å². The van der Waals surface area contributed by atoms with Gasteiger partial charge in [-0.2, -0.15) is 0 Å². The average molecular weight is 319 g/mol. The van der Waals surface area contributed by atoms with Crippen molar-refractivity contribution < 1.29 is 9.26 Å². The van der Waals surface area contributed by atoms with Crippen LogP contribution in [0.25, 0.3) is 0 Å². The predicted molar refractivity (Wildman–Crippen MR) is 88.3 cm³/mol. The second-order valence-electron chi connectivity index (χ2n) is 7.85. The molecule has 0 amide bonds. The van der Waals surface area contributed by atoms with Gasteiger partial charge in [-0.1, -0.05) is 5.16 Å². The van der Waals surface area contributed by atoms with Crippen molar-refractivity contribution in [2.24, 2.45) is 5.41 Å². The van der Waals surface area contributed by atoms with Gasteiger partial charge in [-0.05, 0) is 58.0 Å². The highest BCUT2D eigenvalue weighted by Crippen LogP contribution is 2.40. The Labute approximate surface area is 138 Å². The lowest BCUT2D eigenvalue weighted by Gasteiger charge is -2.41. The van der Waals surface area contributed by atoms with Crippen molar-refractivity contribution in [1.82, 2.24) is 15.0 Å². The zero-order valence-corrected chi connectivity index (χ0v) is 14.5. The monoisotopic (exact) mass is 319 g/mol. The first-order valence-corrected chi connectivity index (χ1v) is 9.11. The topological polar surface area (TPSA) is 41.7 Å². The fraction of sp³-hybridized carbons (Fsp3) is 0.833. The van der Waals surface area contributed by atoms with E-state index in [0.717, 1.165) is 31.2 Å². The molecule has 4 rings (SSSR count). The van der Waals surface area contributed by atoms with E-state index in [1.807, 2.05) is 6.92 Å². The third kappa shape index (κ3) is 3.06. The van der Waals surface area contributed by atoms with Crippen molar-refractivity contribution in [3.05, 3.63) is 17.0 Å². The molecule has 0 N–H and O–H groups in total. The van der Waals surface area contributed by atoms with Crippen LogP contribution in [0.4, 0.5) is 0 Å². The Balaban J connectivity index is 1.41. The molecule has 0 saturated carbocycles. The lowest BCUT2D eigenvalue weighted by atomic mass is 9.79. The Hall–Kier alpha value is -0.910. The van der Waals surface area contributed by atoms with E-state index in [9.17, 15) is 0 Å². The first kappa shape index (κ1) is 15.6. The third-order valence-corrected chi connectivity index (χ3v) is 6.19. The summed E-state index contributed by atoms with van der Waals surface area (Å²) in [5.74, 6) is 0.985. The van der Waals surface area contributed by atoms with Crippen LogP contribution < -0.4 is 0 Å². The predicted octanol–water partition coefficient (Wildman–Crippen LogP) is 2.37. The summed E-state index contributed by atoms with van der Waals surface area (Å²) < 4.78 is 10.9. The van der Waals surface area contributed by atoms with Crippen molar-refractivity contribution in [1.29, 1.82) is 0 Å². The number of likely N-dealkylation sites (tertiary alicyclic amines) is 2. The second kappa shape index (κ2) is 6.19. The van der Waals surface area contributed by atoms with Crippen LogP contribution in [0.5, 0.6) is 0 Å². The number of aryl methyl sites for hydroxylation is 2. The van der Waals surface area contributed by atoms with E-state index < -0.39 is 0 Å². The molecule has 4 heterocycles. The van der Waals surface area contributed by atoms with E-state index in [0.29, 0.717) is 11.5 Å². The Morgan fingerprint density at radius 3 is 2.87 bits per heavy atom. The van der Waals surface area contributed by atoms with Crippen LogP contribution in [0, 0.1) is 19.3 Å². The van der Waals surface area contributed by atoms with E-state index in [2.05, 4.69) is 21.9 Å². The molecular weight excluding hydrogens is 290 g/mol. The normalized spacial score (nSPS) is 33.0. The molecule has 1 aromatic heterocycles. The Morgan fingerprint density at radius 1 is 1.22 bits per heavy atom. The minimum atomic E-state index is 0.500. The van der Waals surface area contributed by atoms with Crippen LogP contribution in [0.2, 0.25) is 0 Å². The largest absolute Gasteiger partial charge is 0.380 e. The number of nitrogens with zero attached hydrogens (tertiary/aromatic N) is 3. The van der Waals surface area contributed by atoms with Gasteiger partial charge in [-0.15, -0.1) is 0 Å². The van der Waals surface area contributed by atoms with Crippen LogP contribution in [-0.4, -0.2) is 60.4 Å². The van der Waals surface area contributed by atoms with Crippen LogP contribution in [0.3, 0.4) is 0 Å². The van der Waals surface area contributed by atoms with Crippen molar-refractivity contribution in [2.45, 2.75) is 52.1 Å². The van der Waals surface area contributed by atoms with Crippen molar-refractivity contribution in [3.63, 3.8) is 0 Å². The fourth-order valence-electron chi connectivity index (χ4n) is 4.82. The van der Waals surface area contributed by atoms with Gasteiger partial charge in [0.1, 0.15) is 5.76 Å². The van der Waals surface area contributed by atoms with Gasteiger partial charge in [-0.3, -0.25) is 9.80 Å². The molecule has 3 aliphatic heterocycles. The van der Waals surface area contributed by atoms with E-state index in [4.69, 9.17) is 9.26 Å². The van der Waals surface area contributed by atoms with Crippen molar-refractivity contribution >= 4 is 0 Å². The Bertz CT molecular complexity index is 533. The second-order valence-corrected chi connectivity index (χ2v) is 7.85. The Morgan fingerprint density at radius 2 is 2.13 bits per heavy atom.